The van der Waals surface area contributed by atoms with E-state index in [-0.39, 0.29) is 17.9 Å². The Labute approximate surface area is 148 Å². The minimum absolute atomic E-state index is 0.0693. The molecule has 0 bridgehead atoms. The van der Waals surface area contributed by atoms with Crippen LogP contribution in [0.2, 0.25) is 0 Å². The van der Waals surface area contributed by atoms with Gasteiger partial charge in [0, 0.05) is 28.5 Å². The summed E-state index contributed by atoms with van der Waals surface area (Å²) in [6, 6.07) is 13.9. The summed E-state index contributed by atoms with van der Waals surface area (Å²) in [5.74, 6) is 0.418. The lowest BCUT2D eigenvalue weighted by molar-refractivity contribution is 0.273. The van der Waals surface area contributed by atoms with Crippen molar-refractivity contribution in [2.45, 2.75) is 5.54 Å². The molecule has 0 saturated carbocycles. The Balaban J connectivity index is 1.88. The van der Waals surface area contributed by atoms with Crippen molar-refractivity contribution in [3.63, 3.8) is 0 Å². The lowest BCUT2D eigenvalue weighted by Crippen LogP contribution is -2.31. The third kappa shape index (κ3) is 1.89. The quantitative estimate of drug-likeness (QED) is 0.675. The third-order valence-electron chi connectivity index (χ3n) is 4.78. The molecule has 2 aromatic carbocycles. The van der Waals surface area contributed by atoms with Crippen LogP contribution < -0.4 is 4.74 Å². The second-order valence-electron chi connectivity index (χ2n) is 6.18. The van der Waals surface area contributed by atoms with E-state index in [9.17, 15) is 9.50 Å². The lowest BCUT2D eigenvalue weighted by Gasteiger charge is -2.35. The summed E-state index contributed by atoms with van der Waals surface area (Å²) in [5.41, 5.74) is 0.950. The van der Waals surface area contributed by atoms with Crippen molar-refractivity contribution in [1.82, 2.24) is 4.98 Å². The number of benzene rings is 2. The maximum Gasteiger partial charge on any atom is 0.220 e. The van der Waals surface area contributed by atoms with Gasteiger partial charge in [0.25, 0.3) is 0 Å². The van der Waals surface area contributed by atoms with E-state index in [0.717, 1.165) is 5.56 Å². The van der Waals surface area contributed by atoms with Gasteiger partial charge in [-0.3, -0.25) is 0 Å². The Morgan fingerprint density at radius 1 is 1.04 bits per heavy atom. The predicted octanol–water partition coefficient (Wildman–Crippen LogP) is 4.00. The van der Waals surface area contributed by atoms with Crippen molar-refractivity contribution >= 4 is 6.40 Å². The van der Waals surface area contributed by atoms with E-state index in [1.807, 2.05) is 24.3 Å². The van der Waals surface area contributed by atoms with Gasteiger partial charge >= 0.3 is 0 Å². The van der Waals surface area contributed by atoms with E-state index >= 15 is 0 Å². The van der Waals surface area contributed by atoms with Crippen LogP contribution in [0.15, 0.2) is 59.7 Å². The molecule has 1 aromatic heterocycles. The molecule has 0 radical (unpaired) electrons. The molecule has 5 nitrogen and oxygen atoms in total. The second-order valence-corrected chi connectivity index (χ2v) is 6.18. The standard InChI is InChI=1S/C20H13FN2O3/c21-19-12(4-3-9-22-19)17-14(24)7-8-16-18(17)20(10-25-11-23-20)13-5-1-2-6-15(13)26-16/h1-9,11,24H,10H2. The van der Waals surface area contributed by atoms with Gasteiger partial charge in [-0.05, 0) is 30.3 Å². The van der Waals surface area contributed by atoms with Crippen molar-refractivity contribution in [2.75, 3.05) is 6.61 Å². The lowest BCUT2D eigenvalue weighted by atomic mass is 9.77. The number of phenols is 1. The number of aliphatic imine (C=N–C) groups is 1. The van der Waals surface area contributed by atoms with E-state index in [2.05, 4.69) is 9.98 Å². The monoisotopic (exact) mass is 348 g/mol. The molecular formula is C20H13FN2O3. The summed E-state index contributed by atoms with van der Waals surface area (Å²) in [6.45, 7) is 0.235. The molecule has 0 saturated heterocycles. The molecule has 0 aliphatic carbocycles. The number of para-hydroxylation sites is 1. The minimum atomic E-state index is -0.916. The molecule has 3 heterocycles. The molecule has 2 aliphatic rings. The molecular weight excluding hydrogens is 335 g/mol. The van der Waals surface area contributed by atoms with Gasteiger partial charge in [0.2, 0.25) is 5.95 Å². The number of pyridine rings is 1. The zero-order valence-corrected chi connectivity index (χ0v) is 13.5. The highest BCUT2D eigenvalue weighted by molar-refractivity contribution is 5.81. The molecule has 26 heavy (non-hydrogen) atoms. The summed E-state index contributed by atoms with van der Waals surface area (Å²) < 4.78 is 26.0. The molecule has 1 N–H and O–H groups in total. The second kappa shape index (κ2) is 5.29. The van der Waals surface area contributed by atoms with Crippen LogP contribution in [0, 0.1) is 5.95 Å². The predicted molar refractivity (Wildman–Crippen MR) is 93.0 cm³/mol. The first-order valence-electron chi connectivity index (χ1n) is 8.11. The van der Waals surface area contributed by atoms with E-state index in [0.29, 0.717) is 22.6 Å². The largest absolute Gasteiger partial charge is 0.507 e. The van der Waals surface area contributed by atoms with Crippen LogP contribution in [0.25, 0.3) is 11.1 Å². The number of aromatic nitrogens is 1. The third-order valence-corrected chi connectivity index (χ3v) is 4.78. The van der Waals surface area contributed by atoms with Crippen molar-refractivity contribution in [3.05, 3.63) is 71.8 Å². The fraction of sp³-hybridized carbons (Fsp3) is 0.100. The van der Waals surface area contributed by atoms with E-state index in [4.69, 9.17) is 9.47 Å². The Morgan fingerprint density at radius 2 is 1.92 bits per heavy atom. The first-order chi connectivity index (χ1) is 12.7. The highest BCUT2D eigenvalue weighted by Gasteiger charge is 2.47. The summed E-state index contributed by atoms with van der Waals surface area (Å²) in [6.07, 6.45) is 2.75. The Morgan fingerprint density at radius 3 is 2.73 bits per heavy atom. The average Bonchev–Trinajstić information content (AvgIpc) is 3.14. The SMILES string of the molecule is Oc1ccc2c(c1-c1cccnc1F)C1(COC=N1)c1ccccc1O2. The highest BCUT2D eigenvalue weighted by atomic mass is 19.1. The van der Waals surface area contributed by atoms with Gasteiger partial charge in [0.1, 0.15) is 23.9 Å². The minimum Gasteiger partial charge on any atom is -0.507 e. The number of phenolic OH excluding ortho intramolecular Hbond substituents is 1. The molecule has 2 aliphatic heterocycles. The van der Waals surface area contributed by atoms with Gasteiger partial charge in [-0.2, -0.15) is 4.39 Å². The number of rotatable bonds is 1. The average molecular weight is 348 g/mol. The molecule has 0 fully saturated rings. The number of hydrogen-bond donors (Lipinski definition) is 1. The van der Waals surface area contributed by atoms with Crippen molar-refractivity contribution < 1.29 is 19.0 Å². The highest BCUT2D eigenvalue weighted by Crippen LogP contribution is 2.55. The number of hydrogen-bond acceptors (Lipinski definition) is 5. The number of ether oxygens (including phenoxy) is 2. The normalized spacial score (nSPS) is 19.6. The van der Waals surface area contributed by atoms with Crippen molar-refractivity contribution in [2.24, 2.45) is 4.99 Å². The zero-order valence-electron chi connectivity index (χ0n) is 13.5. The number of fused-ring (bicyclic) bond motifs is 4. The molecule has 1 atom stereocenters. The molecule has 0 amide bonds. The van der Waals surface area contributed by atoms with E-state index < -0.39 is 11.5 Å². The number of halogens is 1. The number of nitrogens with zero attached hydrogens (tertiary/aromatic N) is 2. The van der Waals surface area contributed by atoms with Crippen LogP contribution in [-0.4, -0.2) is 23.1 Å². The Bertz CT molecular complexity index is 1070. The maximum absolute atomic E-state index is 14.5. The molecule has 5 rings (SSSR count). The van der Waals surface area contributed by atoms with Crippen LogP contribution in [0.5, 0.6) is 17.2 Å². The van der Waals surface area contributed by atoms with E-state index in [1.54, 1.807) is 18.2 Å². The van der Waals surface area contributed by atoms with Gasteiger partial charge < -0.3 is 14.6 Å². The van der Waals surface area contributed by atoms with Gasteiger partial charge in [-0.1, -0.05) is 18.2 Å². The molecule has 1 spiro atoms. The van der Waals surface area contributed by atoms with Crippen LogP contribution in [0.1, 0.15) is 11.1 Å². The van der Waals surface area contributed by atoms with Gasteiger partial charge in [0.05, 0.1) is 0 Å². The Hall–Kier alpha value is -3.41. The fourth-order valence-corrected chi connectivity index (χ4v) is 3.67. The van der Waals surface area contributed by atoms with Gasteiger partial charge in [-0.25, -0.2) is 9.98 Å². The first kappa shape index (κ1) is 14.9. The van der Waals surface area contributed by atoms with Crippen molar-refractivity contribution in [1.29, 1.82) is 0 Å². The topological polar surface area (TPSA) is 63.9 Å². The molecule has 128 valence electrons. The van der Waals surface area contributed by atoms with Crippen LogP contribution >= 0.6 is 0 Å². The van der Waals surface area contributed by atoms with Gasteiger partial charge in [-0.15, -0.1) is 0 Å². The van der Waals surface area contributed by atoms with Gasteiger partial charge in [0.15, 0.2) is 11.9 Å². The molecule has 3 aromatic rings. The van der Waals surface area contributed by atoms with Crippen LogP contribution in [0.3, 0.4) is 0 Å². The summed E-state index contributed by atoms with van der Waals surface area (Å²) in [5, 5.41) is 10.6. The summed E-state index contributed by atoms with van der Waals surface area (Å²) in [4.78, 5) is 8.30. The van der Waals surface area contributed by atoms with Crippen LogP contribution in [-0.2, 0) is 10.3 Å². The summed E-state index contributed by atoms with van der Waals surface area (Å²) >= 11 is 0. The van der Waals surface area contributed by atoms with E-state index in [1.165, 1.54) is 18.7 Å². The van der Waals surface area contributed by atoms with Crippen LogP contribution in [0.4, 0.5) is 4.39 Å². The maximum atomic E-state index is 14.5. The summed E-state index contributed by atoms with van der Waals surface area (Å²) in [7, 11) is 0. The Kier molecular flexibility index (Phi) is 3.03. The fourth-order valence-electron chi connectivity index (χ4n) is 3.67. The molecule has 1 unspecified atom stereocenters. The van der Waals surface area contributed by atoms with Crippen molar-refractivity contribution in [3.8, 4) is 28.4 Å². The smallest absolute Gasteiger partial charge is 0.220 e. The molecule has 6 heteroatoms. The first-order valence-corrected chi connectivity index (χ1v) is 8.11. The number of aromatic hydroxyl groups is 1. The zero-order chi connectivity index (χ0) is 17.7.